The lowest BCUT2D eigenvalue weighted by Crippen LogP contribution is -2.26. The highest BCUT2D eigenvalue weighted by molar-refractivity contribution is 9.10. The Morgan fingerprint density at radius 1 is 1.32 bits per heavy atom. The SMILES string of the molecule is O=S(=O)(NCCc1cccs1)c1ccc(Br)cc1F. The maximum Gasteiger partial charge on any atom is 0.243 e. The Morgan fingerprint density at radius 3 is 2.74 bits per heavy atom. The van der Waals surface area contributed by atoms with E-state index in [0.717, 1.165) is 10.9 Å². The van der Waals surface area contributed by atoms with Gasteiger partial charge in [-0.15, -0.1) is 11.3 Å². The molecule has 0 unspecified atom stereocenters. The second-order valence-corrected chi connectivity index (χ2v) is 7.49. The Balaban J connectivity index is 2.05. The van der Waals surface area contributed by atoms with Crippen LogP contribution in [0.3, 0.4) is 0 Å². The van der Waals surface area contributed by atoms with Crippen molar-refractivity contribution in [2.45, 2.75) is 11.3 Å². The van der Waals surface area contributed by atoms with Crippen LogP contribution in [0.2, 0.25) is 0 Å². The minimum Gasteiger partial charge on any atom is -0.211 e. The van der Waals surface area contributed by atoms with Crippen molar-refractivity contribution >= 4 is 37.3 Å². The topological polar surface area (TPSA) is 46.2 Å². The third-order valence-electron chi connectivity index (χ3n) is 2.43. The quantitative estimate of drug-likeness (QED) is 0.886. The third kappa shape index (κ3) is 3.85. The molecule has 7 heteroatoms. The zero-order chi connectivity index (χ0) is 13.9. The van der Waals surface area contributed by atoms with Crippen molar-refractivity contribution in [1.82, 2.24) is 4.72 Å². The molecular formula is C12H11BrFNO2S2. The summed E-state index contributed by atoms with van der Waals surface area (Å²) >= 11 is 4.65. The first kappa shape index (κ1) is 14.6. The number of halogens is 2. The highest BCUT2D eigenvalue weighted by atomic mass is 79.9. The average Bonchev–Trinajstić information content (AvgIpc) is 2.81. The van der Waals surface area contributed by atoms with Gasteiger partial charge in [0.1, 0.15) is 10.7 Å². The standard InChI is InChI=1S/C12H11BrFNO2S2/c13-9-3-4-12(11(14)8-9)19(16,17)15-6-5-10-2-1-7-18-10/h1-4,7-8,15H,5-6H2. The molecule has 0 aliphatic carbocycles. The van der Waals surface area contributed by atoms with Crippen LogP contribution in [0.1, 0.15) is 4.88 Å². The summed E-state index contributed by atoms with van der Waals surface area (Å²) in [5.74, 6) is -0.766. The normalized spacial score (nSPS) is 11.7. The zero-order valence-electron chi connectivity index (χ0n) is 9.77. The van der Waals surface area contributed by atoms with E-state index in [9.17, 15) is 12.8 Å². The minimum atomic E-state index is -3.80. The molecular weight excluding hydrogens is 353 g/mol. The molecule has 2 aromatic rings. The summed E-state index contributed by atoms with van der Waals surface area (Å²) in [4.78, 5) is 0.751. The van der Waals surface area contributed by atoms with Crippen LogP contribution in [0.15, 0.2) is 45.1 Å². The van der Waals surface area contributed by atoms with Gasteiger partial charge in [0.2, 0.25) is 10.0 Å². The molecule has 102 valence electrons. The Kier molecular flexibility index (Phi) is 4.72. The van der Waals surface area contributed by atoms with Crippen molar-refractivity contribution in [3.05, 3.63) is 50.9 Å². The predicted molar refractivity (Wildman–Crippen MR) is 77.3 cm³/mol. The summed E-state index contributed by atoms with van der Waals surface area (Å²) in [5, 5.41) is 1.93. The fourth-order valence-electron chi connectivity index (χ4n) is 1.53. The average molecular weight is 364 g/mol. The van der Waals surface area contributed by atoms with Gasteiger partial charge in [-0.1, -0.05) is 22.0 Å². The second kappa shape index (κ2) is 6.13. The minimum absolute atomic E-state index is 0.248. The lowest BCUT2D eigenvalue weighted by Gasteiger charge is -2.07. The zero-order valence-corrected chi connectivity index (χ0v) is 13.0. The fourth-order valence-corrected chi connectivity index (χ4v) is 3.67. The number of nitrogens with one attached hydrogen (secondary N) is 1. The summed E-state index contributed by atoms with van der Waals surface area (Å²) in [6.07, 6.45) is 0.592. The van der Waals surface area contributed by atoms with E-state index in [1.54, 1.807) is 11.3 Å². The van der Waals surface area contributed by atoms with E-state index in [0.29, 0.717) is 10.9 Å². The molecule has 0 saturated heterocycles. The van der Waals surface area contributed by atoms with E-state index in [2.05, 4.69) is 20.7 Å². The van der Waals surface area contributed by atoms with Crippen molar-refractivity contribution in [2.75, 3.05) is 6.54 Å². The molecule has 1 aromatic heterocycles. The van der Waals surface area contributed by atoms with Gasteiger partial charge < -0.3 is 0 Å². The third-order valence-corrected chi connectivity index (χ3v) is 5.35. The molecule has 0 saturated carbocycles. The predicted octanol–water partition coefficient (Wildman–Crippen LogP) is 3.17. The molecule has 0 fully saturated rings. The molecule has 1 aromatic carbocycles. The molecule has 0 amide bonds. The van der Waals surface area contributed by atoms with Crippen LogP contribution in [0, 0.1) is 5.82 Å². The van der Waals surface area contributed by atoms with Gasteiger partial charge >= 0.3 is 0 Å². The first-order chi connectivity index (χ1) is 8.99. The van der Waals surface area contributed by atoms with E-state index in [4.69, 9.17) is 0 Å². The van der Waals surface area contributed by atoms with Gasteiger partial charge in [0, 0.05) is 15.9 Å². The lowest BCUT2D eigenvalue weighted by molar-refractivity contribution is 0.557. The van der Waals surface area contributed by atoms with E-state index in [1.165, 1.54) is 12.1 Å². The van der Waals surface area contributed by atoms with Gasteiger partial charge in [-0.2, -0.15) is 0 Å². The summed E-state index contributed by atoms with van der Waals surface area (Å²) in [6, 6.07) is 7.71. The number of benzene rings is 1. The lowest BCUT2D eigenvalue weighted by atomic mass is 10.3. The number of hydrogen-bond acceptors (Lipinski definition) is 3. The molecule has 1 N–H and O–H groups in total. The monoisotopic (exact) mass is 363 g/mol. The van der Waals surface area contributed by atoms with Crippen LogP contribution >= 0.6 is 27.3 Å². The van der Waals surface area contributed by atoms with Crippen molar-refractivity contribution in [1.29, 1.82) is 0 Å². The molecule has 19 heavy (non-hydrogen) atoms. The van der Waals surface area contributed by atoms with E-state index < -0.39 is 15.8 Å². The first-order valence-electron chi connectivity index (χ1n) is 5.46. The van der Waals surface area contributed by atoms with Crippen molar-refractivity contribution in [3.8, 4) is 0 Å². The molecule has 0 atom stereocenters. The molecule has 0 radical (unpaired) electrons. The number of hydrogen-bond donors (Lipinski definition) is 1. The van der Waals surface area contributed by atoms with Crippen LogP contribution in [-0.4, -0.2) is 15.0 Å². The molecule has 0 bridgehead atoms. The van der Waals surface area contributed by atoms with Gasteiger partial charge in [0.25, 0.3) is 0 Å². The molecule has 1 heterocycles. The Bertz CT molecular complexity index is 656. The fraction of sp³-hybridized carbons (Fsp3) is 0.167. The van der Waals surface area contributed by atoms with E-state index >= 15 is 0 Å². The maximum absolute atomic E-state index is 13.6. The van der Waals surface area contributed by atoms with Gasteiger partial charge in [0.05, 0.1) is 0 Å². The molecule has 0 aliphatic rings. The largest absolute Gasteiger partial charge is 0.243 e. The Labute approximate surface area is 123 Å². The van der Waals surface area contributed by atoms with Gasteiger partial charge in [-0.05, 0) is 36.1 Å². The molecule has 3 nitrogen and oxygen atoms in total. The van der Waals surface area contributed by atoms with Crippen molar-refractivity contribution in [2.24, 2.45) is 0 Å². The second-order valence-electron chi connectivity index (χ2n) is 3.80. The summed E-state index contributed by atoms with van der Waals surface area (Å²) in [7, 11) is -3.80. The van der Waals surface area contributed by atoms with Crippen molar-refractivity contribution < 1.29 is 12.8 Å². The van der Waals surface area contributed by atoms with Crippen LogP contribution in [0.25, 0.3) is 0 Å². The Hall–Kier alpha value is -0.760. The smallest absolute Gasteiger partial charge is 0.211 e. The van der Waals surface area contributed by atoms with Crippen LogP contribution in [0.4, 0.5) is 4.39 Å². The van der Waals surface area contributed by atoms with Gasteiger partial charge in [-0.3, -0.25) is 0 Å². The summed E-state index contributed by atoms with van der Waals surface area (Å²) in [6.45, 7) is 0.248. The highest BCUT2D eigenvalue weighted by Crippen LogP contribution is 2.19. The highest BCUT2D eigenvalue weighted by Gasteiger charge is 2.18. The molecule has 0 spiro atoms. The molecule has 0 aliphatic heterocycles. The first-order valence-corrected chi connectivity index (χ1v) is 8.62. The van der Waals surface area contributed by atoms with Gasteiger partial charge in [0.15, 0.2) is 0 Å². The summed E-state index contributed by atoms with van der Waals surface area (Å²) in [5.41, 5.74) is 0. The Morgan fingerprint density at radius 2 is 2.11 bits per heavy atom. The number of sulfonamides is 1. The maximum atomic E-state index is 13.6. The number of thiophene rings is 1. The molecule has 2 rings (SSSR count). The van der Waals surface area contributed by atoms with Crippen LogP contribution in [-0.2, 0) is 16.4 Å². The number of rotatable bonds is 5. The van der Waals surface area contributed by atoms with E-state index in [1.807, 2.05) is 17.5 Å². The van der Waals surface area contributed by atoms with Gasteiger partial charge in [-0.25, -0.2) is 17.5 Å². The van der Waals surface area contributed by atoms with Crippen LogP contribution in [0.5, 0.6) is 0 Å². The van der Waals surface area contributed by atoms with E-state index in [-0.39, 0.29) is 11.4 Å². The van der Waals surface area contributed by atoms with Crippen LogP contribution < -0.4 is 4.72 Å². The summed E-state index contributed by atoms with van der Waals surface area (Å²) < 4.78 is 40.4. The van der Waals surface area contributed by atoms with Crippen molar-refractivity contribution in [3.63, 3.8) is 0 Å².